The molecule has 7 heteroatoms. The highest BCUT2D eigenvalue weighted by molar-refractivity contribution is 7.98. The molecular formula is C17H20N2O4S. The maximum atomic E-state index is 12.6. The van der Waals surface area contributed by atoms with Gasteiger partial charge < -0.3 is 14.5 Å². The molecule has 1 N–H and O–H groups in total. The highest BCUT2D eigenvalue weighted by atomic mass is 32.2. The van der Waals surface area contributed by atoms with Gasteiger partial charge in [0.15, 0.2) is 0 Å². The number of carboxylic acids is 1. The third kappa shape index (κ3) is 4.17. The quantitative estimate of drug-likeness (QED) is 0.774. The van der Waals surface area contributed by atoms with E-state index >= 15 is 0 Å². The molecule has 0 unspecified atom stereocenters. The Morgan fingerprint density at radius 2 is 2.00 bits per heavy atom. The molecule has 0 saturated carbocycles. The van der Waals surface area contributed by atoms with Crippen molar-refractivity contribution in [3.05, 3.63) is 46.8 Å². The number of carbonyl (C=O) groups is 2. The largest absolute Gasteiger partial charge is 0.480 e. The maximum Gasteiger partial charge on any atom is 0.323 e. The van der Waals surface area contributed by atoms with Crippen LogP contribution in [-0.4, -0.2) is 40.1 Å². The van der Waals surface area contributed by atoms with Gasteiger partial charge in [0.25, 0.3) is 5.91 Å². The predicted octanol–water partition coefficient (Wildman–Crippen LogP) is 3.13. The lowest BCUT2D eigenvalue weighted by atomic mass is 10.2. The summed E-state index contributed by atoms with van der Waals surface area (Å²) in [7, 11) is 0. The number of hydrogen-bond donors (Lipinski definition) is 1. The number of thioether (sulfide) groups is 1. The first-order chi connectivity index (χ1) is 11.4. The minimum atomic E-state index is -1.02. The van der Waals surface area contributed by atoms with Gasteiger partial charge in [-0.15, -0.1) is 11.8 Å². The number of aliphatic carboxylic acids is 1. The van der Waals surface area contributed by atoms with Crippen LogP contribution in [0.25, 0.3) is 0 Å². The maximum absolute atomic E-state index is 12.6. The SMILES string of the molecule is CCN(CC(=O)O)C(=O)c1ccccc1SCc1c(C)noc1C. The van der Waals surface area contributed by atoms with Crippen molar-refractivity contribution in [1.82, 2.24) is 10.1 Å². The van der Waals surface area contributed by atoms with E-state index in [4.69, 9.17) is 9.63 Å². The Morgan fingerprint density at radius 3 is 2.58 bits per heavy atom. The molecular weight excluding hydrogens is 328 g/mol. The molecule has 0 atom stereocenters. The number of nitrogens with zero attached hydrogens (tertiary/aromatic N) is 2. The lowest BCUT2D eigenvalue weighted by Gasteiger charge is -2.20. The summed E-state index contributed by atoms with van der Waals surface area (Å²) in [6, 6.07) is 7.23. The van der Waals surface area contributed by atoms with Crippen molar-refractivity contribution >= 4 is 23.6 Å². The number of amides is 1. The lowest BCUT2D eigenvalue weighted by Crippen LogP contribution is -2.35. The zero-order chi connectivity index (χ0) is 17.7. The van der Waals surface area contributed by atoms with Crippen molar-refractivity contribution in [2.45, 2.75) is 31.4 Å². The van der Waals surface area contributed by atoms with E-state index in [1.165, 1.54) is 16.7 Å². The number of carboxylic acid groups (broad SMARTS) is 1. The zero-order valence-corrected chi connectivity index (χ0v) is 14.7. The fraction of sp³-hybridized carbons (Fsp3) is 0.353. The Morgan fingerprint density at radius 1 is 1.29 bits per heavy atom. The number of carbonyl (C=O) groups excluding carboxylic acids is 1. The number of benzene rings is 1. The summed E-state index contributed by atoms with van der Waals surface area (Å²) in [4.78, 5) is 25.7. The van der Waals surface area contributed by atoms with Gasteiger partial charge in [0.05, 0.1) is 11.3 Å². The van der Waals surface area contributed by atoms with Gasteiger partial charge in [-0.1, -0.05) is 17.3 Å². The molecule has 1 aromatic carbocycles. The predicted molar refractivity (Wildman–Crippen MR) is 91.2 cm³/mol. The lowest BCUT2D eigenvalue weighted by molar-refractivity contribution is -0.137. The Balaban J connectivity index is 2.20. The van der Waals surface area contributed by atoms with Crippen LogP contribution in [0, 0.1) is 13.8 Å². The fourth-order valence-corrected chi connectivity index (χ4v) is 3.49. The number of rotatable bonds is 7. The van der Waals surface area contributed by atoms with E-state index in [2.05, 4.69) is 5.16 Å². The Labute approximate surface area is 144 Å². The topological polar surface area (TPSA) is 83.6 Å². The number of likely N-dealkylation sites (N-methyl/N-ethyl adjacent to an activating group) is 1. The van der Waals surface area contributed by atoms with E-state index < -0.39 is 5.97 Å². The van der Waals surface area contributed by atoms with E-state index in [0.717, 1.165) is 21.9 Å². The van der Waals surface area contributed by atoms with Crippen LogP contribution in [0.15, 0.2) is 33.7 Å². The van der Waals surface area contributed by atoms with Crippen molar-refractivity contribution in [3.63, 3.8) is 0 Å². The number of aryl methyl sites for hydroxylation is 2. The average molecular weight is 348 g/mol. The molecule has 6 nitrogen and oxygen atoms in total. The summed E-state index contributed by atoms with van der Waals surface area (Å²) >= 11 is 1.51. The summed E-state index contributed by atoms with van der Waals surface area (Å²) in [5, 5.41) is 12.9. The van der Waals surface area contributed by atoms with Gasteiger partial charge in [0.2, 0.25) is 0 Å². The molecule has 1 heterocycles. The zero-order valence-electron chi connectivity index (χ0n) is 13.9. The first kappa shape index (κ1) is 18.1. The molecule has 0 aliphatic carbocycles. The molecule has 0 spiro atoms. The summed E-state index contributed by atoms with van der Waals surface area (Å²) in [6.07, 6.45) is 0. The summed E-state index contributed by atoms with van der Waals surface area (Å²) in [6.45, 7) is 5.54. The van der Waals surface area contributed by atoms with Gasteiger partial charge in [-0.3, -0.25) is 9.59 Å². The molecule has 2 rings (SSSR count). The normalized spacial score (nSPS) is 10.6. The second-order valence-corrected chi connectivity index (χ2v) is 6.32. The van der Waals surface area contributed by atoms with Gasteiger partial charge >= 0.3 is 5.97 Å². The van der Waals surface area contributed by atoms with Gasteiger partial charge in [-0.25, -0.2) is 0 Å². The highest BCUT2D eigenvalue weighted by Gasteiger charge is 2.20. The smallest absolute Gasteiger partial charge is 0.323 e. The summed E-state index contributed by atoms with van der Waals surface area (Å²) in [5.41, 5.74) is 2.36. The van der Waals surface area contributed by atoms with Gasteiger partial charge in [0, 0.05) is 22.8 Å². The number of aromatic nitrogens is 1. The first-order valence-electron chi connectivity index (χ1n) is 7.58. The van der Waals surface area contributed by atoms with Crippen molar-refractivity contribution in [3.8, 4) is 0 Å². The molecule has 0 radical (unpaired) electrons. The molecule has 2 aromatic rings. The van der Waals surface area contributed by atoms with Crippen molar-refractivity contribution in [2.75, 3.05) is 13.1 Å². The van der Waals surface area contributed by atoms with Crippen LogP contribution in [0.4, 0.5) is 0 Å². The second kappa shape index (κ2) is 8.01. The second-order valence-electron chi connectivity index (χ2n) is 5.30. The molecule has 1 aromatic heterocycles. The summed E-state index contributed by atoms with van der Waals surface area (Å²) in [5.74, 6) is 0.106. The van der Waals surface area contributed by atoms with Crippen LogP contribution in [0.5, 0.6) is 0 Å². The van der Waals surface area contributed by atoms with Crippen molar-refractivity contribution in [2.24, 2.45) is 0 Å². The van der Waals surface area contributed by atoms with Crippen LogP contribution in [-0.2, 0) is 10.5 Å². The van der Waals surface area contributed by atoms with Crippen LogP contribution in [0.2, 0.25) is 0 Å². The third-order valence-corrected chi connectivity index (χ3v) is 4.77. The van der Waals surface area contributed by atoms with Crippen molar-refractivity contribution < 1.29 is 19.2 Å². The monoisotopic (exact) mass is 348 g/mol. The van der Waals surface area contributed by atoms with E-state index in [0.29, 0.717) is 17.9 Å². The minimum Gasteiger partial charge on any atom is -0.480 e. The molecule has 0 bridgehead atoms. The van der Waals surface area contributed by atoms with Crippen molar-refractivity contribution in [1.29, 1.82) is 0 Å². The first-order valence-corrected chi connectivity index (χ1v) is 8.57. The van der Waals surface area contributed by atoms with E-state index in [9.17, 15) is 9.59 Å². The molecule has 0 fully saturated rings. The van der Waals surface area contributed by atoms with Crippen LogP contribution < -0.4 is 0 Å². The van der Waals surface area contributed by atoms with E-state index in [-0.39, 0.29) is 12.5 Å². The number of hydrogen-bond acceptors (Lipinski definition) is 5. The molecule has 0 aliphatic heterocycles. The molecule has 0 saturated heterocycles. The van der Waals surface area contributed by atoms with E-state index in [1.54, 1.807) is 19.1 Å². The standard InChI is InChI=1S/C17H20N2O4S/c1-4-19(9-16(20)21)17(22)13-7-5-6-8-15(13)24-10-14-11(2)18-23-12(14)3/h5-8H,4,9-10H2,1-3H3,(H,20,21). The fourth-order valence-electron chi connectivity index (χ4n) is 2.29. The summed E-state index contributed by atoms with van der Waals surface area (Å²) < 4.78 is 5.16. The minimum absolute atomic E-state index is 0.276. The molecule has 1 amide bonds. The molecule has 128 valence electrons. The van der Waals surface area contributed by atoms with Gasteiger partial charge in [-0.05, 0) is 32.9 Å². The van der Waals surface area contributed by atoms with Crippen LogP contribution in [0.1, 0.15) is 34.3 Å². The highest BCUT2D eigenvalue weighted by Crippen LogP contribution is 2.29. The Bertz CT molecular complexity index is 722. The van der Waals surface area contributed by atoms with Crippen LogP contribution >= 0.6 is 11.8 Å². The average Bonchev–Trinajstić information content (AvgIpc) is 2.88. The third-order valence-electron chi connectivity index (χ3n) is 3.67. The Hall–Kier alpha value is -2.28. The molecule has 0 aliphatic rings. The van der Waals surface area contributed by atoms with Gasteiger partial charge in [0.1, 0.15) is 12.3 Å². The molecule has 24 heavy (non-hydrogen) atoms. The van der Waals surface area contributed by atoms with E-state index in [1.807, 2.05) is 26.0 Å². The van der Waals surface area contributed by atoms with Crippen LogP contribution in [0.3, 0.4) is 0 Å². The van der Waals surface area contributed by atoms with Gasteiger partial charge in [-0.2, -0.15) is 0 Å². The Kier molecular flexibility index (Phi) is 6.03.